The molecule has 1 fully saturated rings. The second kappa shape index (κ2) is 6.65. The number of nitrogens with two attached hydrogens (primary N) is 1. The van der Waals surface area contributed by atoms with E-state index in [-0.39, 0.29) is 17.7 Å². The summed E-state index contributed by atoms with van der Waals surface area (Å²) in [6, 6.07) is 7.75. The van der Waals surface area contributed by atoms with Crippen LogP contribution in [0.1, 0.15) is 18.4 Å². The Bertz CT molecular complexity index is 1090. The van der Waals surface area contributed by atoms with Crippen LogP contribution in [0.15, 0.2) is 36.8 Å². The van der Waals surface area contributed by atoms with E-state index in [1.807, 2.05) is 19.1 Å². The maximum absolute atomic E-state index is 12.3. The van der Waals surface area contributed by atoms with Crippen LogP contribution < -0.4 is 11.1 Å². The Balaban J connectivity index is 1.64. The van der Waals surface area contributed by atoms with Crippen LogP contribution in [0.2, 0.25) is 0 Å². The Labute approximate surface area is 156 Å². The van der Waals surface area contributed by atoms with Gasteiger partial charge in [-0.3, -0.25) is 9.78 Å². The molecule has 0 bridgehead atoms. The number of nitrogens with one attached hydrogen (secondary N) is 1. The van der Waals surface area contributed by atoms with Gasteiger partial charge in [0.05, 0.1) is 11.8 Å². The third kappa shape index (κ3) is 3.29. The summed E-state index contributed by atoms with van der Waals surface area (Å²) in [5, 5.41) is 13.1. The molecule has 4 rings (SSSR count). The fourth-order valence-corrected chi connectivity index (χ4v) is 3.24. The van der Waals surface area contributed by atoms with Crippen molar-refractivity contribution in [2.24, 2.45) is 11.8 Å². The first-order chi connectivity index (χ1) is 13.1. The molecule has 7 heteroatoms. The average molecular weight is 358 g/mol. The van der Waals surface area contributed by atoms with Gasteiger partial charge in [0.25, 0.3) is 0 Å². The average Bonchev–Trinajstić information content (AvgIpc) is 3.41. The first-order valence-electron chi connectivity index (χ1n) is 8.72. The summed E-state index contributed by atoms with van der Waals surface area (Å²) in [5.74, 6) is 0.822. The van der Waals surface area contributed by atoms with Gasteiger partial charge in [0.2, 0.25) is 5.91 Å². The Hall–Kier alpha value is -3.53. The summed E-state index contributed by atoms with van der Waals surface area (Å²) >= 11 is 0. The molecule has 2 atom stereocenters. The largest absolute Gasteiger partial charge is 0.383 e. The van der Waals surface area contributed by atoms with Gasteiger partial charge >= 0.3 is 0 Å². The number of pyridine rings is 3. The number of nitrogens with zero attached hydrogens (tertiary/aromatic N) is 4. The highest BCUT2D eigenvalue weighted by molar-refractivity contribution is 5.98. The van der Waals surface area contributed by atoms with E-state index in [2.05, 4.69) is 26.3 Å². The molecular formula is C20H18N6O. The first kappa shape index (κ1) is 16.9. The van der Waals surface area contributed by atoms with Gasteiger partial charge in [-0.15, -0.1) is 0 Å². The fraction of sp³-hybridized carbons (Fsp3) is 0.250. The normalized spacial score (nSPS) is 18.1. The summed E-state index contributed by atoms with van der Waals surface area (Å²) in [6.07, 6.45) is 6.29. The number of rotatable bonds is 4. The maximum atomic E-state index is 12.3. The summed E-state index contributed by atoms with van der Waals surface area (Å²) in [4.78, 5) is 25.2. The molecule has 3 N–H and O–H groups in total. The maximum Gasteiger partial charge on any atom is 0.228 e. The van der Waals surface area contributed by atoms with Crippen molar-refractivity contribution in [3.05, 3.63) is 42.4 Å². The van der Waals surface area contributed by atoms with E-state index in [1.165, 1.54) is 0 Å². The van der Waals surface area contributed by atoms with E-state index < -0.39 is 0 Å². The Kier molecular flexibility index (Phi) is 4.16. The van der Waals surface area contributed by atoms with Gasteiger partial charge in [0.1, 0.15) is 11.6 Å². The van der Waals surface area contributed by atoms with Crippen LogP contribution in [0, 0.1) is 30.1 Å². The van der Waals surface area contributed by atoms with E-state index in [1.54, 1.807) is 24.7 Å². The number of fused-ring (bicyclic) bond motifs is 1. The van der Waals surface area contributed by atoms with Crippen LogP contribution in [0.25, 0.3) is 22.0 Å². The fourth-order valence-electron chi connectivity index (χ4n) is 3.24. The molecule has 0 saturated heterocycles. The van der Waals surface area contributed by atoms with Gasteiger partial charge in [0, 0.05) is 41.9 Å². The van der Waals surface area contributed by atoms with Crippen LogP contribution >= 0.6 is 0 Å². The number of nitrogen functional groups attached to an aromatic ring is 1. The molecule has 0 aromatic carbocycles. The predicted octanol–water partition coefficient (Wildman–Crippen LogP) is 3.07. The minimum absolute atomic E-state index is 0.0903. The molecule has 1 amide bonds. The zero-order valence-electron chi connectivity index (χ0n) is 14.8. The highest BCUT2D eigenvalue weighted by atomic mass is 16.2. The number of aromatic nitrogens is 3. The molecular weight excluding hydrogens is 340 g/mol. The van der Waals surface area contributed by atoms with Gasteiger partial charge < -0.3 is 11.1 Å². The molecule has 3 aromatic rings. The molecule has 27 heavy (non-hydrogen) atoms. The number of amides is 1. The van der Waals surface area contributed by atoms with E-state index >= 15 is 0 Å². The molecule has 1 saturated carbocycles. The lowest BCUT2D eigenvalue weighted by Gasteiger charge is -2.10. The summed E-state index contributed by atoms with van der Waals surface area (Å²) in [6.45, 7) is 1.99. The van der Waals surface area contributed by atoms with Crippen molar-refractivity contribution in [2.75, 3.05) is 11.1 Å². The highest BCUT2D eigenvalue weighted by Crippen LogP contribution is 2.41. The molecule has 0 aliphatic heterocycles. The number of anilines is 2. The SMILES string of the molecule is Cc1ccncc1-c1cc2cc(NC(=O)C3C[C@H]3CC#N)ncc2c(N)n1. The molecule has 1 aliphatic rings. The minimum Gasteiger partial charge on any atom is -0.383 e. The number of hydrogen-bond donors (Lipinski definition) is 2. The third-order valence-electron chi connectivity index (χ3n) is 4.92. The number of carbonyl (C=O) groups is 1. The van der Waals surface area contributed by atoms with Crippen LogP contribution in [-0.4, -0.2) is 20.9 Å². The quantitative estimate of drug-likeness (QED) is 0.740. The zero-order valence-corrected chi connectivity index (χ0v) is 14.8. The number of aryl methyl sites for hydroxylation is 1. The van der Waals surface area contributed by atoms with Crippen molar-refractivity contribution in [2.45, 2.75) is 19.8 Å². The third-order valence-corrected chi connectivity index (χ3v) is 4.92. The van der Waals surface area contributed by atoms with Crippen LogP contribution in [0.4, 0.5) is 11.6 Å². The lowest BCUT2D eigenvalue weighted by atomic mass is 10.1. The lowest BCUT2D eigenvalue weighted by Crippen LogP contribution is -2.15. The topological polar surface area (TPSA) is 118 Å². The molecule has 1 unspecified atom stereocenters. The molecule has 3 aromatic heterocycles. The van der Waals surface area contributed by atoms with E-state index in [4.69, 9.17) is 11.0 Å². The van der Waals surface area contributed by atoms with Gasteiger partial charge in [0.15, 0.2) is 0 Å². The molecule has 0 radical (unpaired) electrons. The number of carbonyl (C=O) groups excluding carboxylic acids is 1. The lowest BCUT2D eigenvalue weighted by molar-refractivity contribution is -0.117. The summed E-state index contributed by atoms with van der Waals surface area (Å²) in [5.41, 5.74) is 8.80. The van der Waals surface area contributed by atoms with E-state index in [0.29, 0.717) is 18.1 Å². The number of hydrogen-bond acceptors (Lipinski definition) is 6. The first-order valence-corrected chi connectivity index (χ1v) is 8.72. The Morgan fingerprint density at radius 3 is 3.04 bits per heavy atom. The van der Waals surface area contributed by atoms with Crippen molar-refractivity contribution in [1.82, 2.24) is 15.0 Å². The second-order valence-corrected chi connectivity index (χ2v) is 6.83. The van der Waals surface area contributed by atoms with Crippen molar-refractivity contribution < 1.29 is 4.79 Å². The molecule has 134 valence electrons. The van der Waals surface area contributed by atoms with Crippen LogP contribution in [0.5, 0.6) is 0 Å². The van der Waals surface area contributed by atoms with Crippen LogP contribution in [0.3, 0.4) is 0 Å². The van der Waals surface area contributed by atoms with Crippen LogP contribution in [-0.2, 0) is 4.79 Å². The van der Waals surface area contributed by atoms with Crippen molar-refractivity contribution in [3.8, 4) is 17.3 Å². The van der Waals surface area contributed by atoms with Gasteiger partial charge in [-0.1, -0.05) is 0 Å². The van der Waals surface area contributed by atoms with Crippen molar-refractivity contribution in [1.29, 1.82) is 5.26 Å². The van der Waals surface area contributed by atoms with Crippen molar-refractivity contribution in [3.63, 3.8) is 0 Å². The minimum atomic E-state index is -0.0988. The monoisotopic (exact) mass is 358 g/mol. The molecule has 3 heterocycles. The van der Waals surface area contributed by atoms with Gasteiger partial charge in [-0.05, 0) is 48.4 Å². The zero-order chi connectivity index (χ0) is 19.0. The van der Waals surface area contributed by atoms with E-state index in [0.717, 1.165) is 34.0 Å². The molecule has 1 aliphatic carbocycles. The Morgan fingerprint density at radius 1 is 1.41 bits per heavy atom. The number of nitriles is 1. The Morgan fingerprint density at radius 2 is 2.26 bits per heavy atom. The predicted molar refractivity (Wildman–Crippen MR) is 102 cm³/mol. The standard InChI is InChI=1S/C20H18N6O/c1-11-3-5-23-9-15(11)17-7-13-8-18(24-10-16(13)19(22)25-17)26-20(27)14-6-12(14)2-4-21/h3,5,7-10,12,14H,2,6H2,1H3,(H2,22,25)(H,24,26,27)/t12-,14?/m1/s1. The highest BCUT2D eigenvalue weighted by Gasteiger charge is 2.42. The van der Waals surface area contributed by atoms with E-state index in [9.17, 15) is 4.79 Å². The summed E-state index contributed by atoms with van der Waals surface area (Å²) in [7, 11) is 0. The van der Waals surface area contributed by atoms with Crippen molar-refractivity contribution >= 4 is 28.3 Å². The second-order valence-electron chi connectivity index (χ2n) is 6.83. The van der Waals surface area contributed by atoms with Gasteiger partial charge in [-0.2, -0.15) is 5.26 Å². The molecule has 0 spiro atoms. The summed E-state index contributed by atoms with van der Waals surface area (Å²) < 4.78 is 0. The van der Waals surface area contributed by atoms with Gasteiger partial charge in [-0.25, -0.2) is 9.97 Å². The molecule has 7 nitrogen and oxygen atoms in total. The smallest absolute Gasteiger partial charge is 0.228 e.